The number of methoxy groups -OCH3 is 1. The number of hydrogen-bond donors (Lipinski definition) is 0. The Morgan fingerprint density at radius 2 is 1.86 bits per heavy atom. The Morgan fingerprint density at radius 1 is 1.10 bits per heavy atom. The highest BCUT2D eigenvalue weighted by Crippen LogP contribution is 2.38. The molecular formula is C19H23FO. The molecule has 0 bridgehead atoms. The Labute approximate surface area is 126 Å². The van der Waals surface area contributed by atoms with E-state index in [4.69, 9.17) is 4.74 Å². The highest BCUT2D eigenvalue weighted by molar-refractivity contribution is 5.85. The maximum Gasteiger partial charge on any atom is 0.172 e. The van der Waals surface area contributed by atoms with Crippen LogP contribution in [0.5, 0.6) is 5.75 Å². The first-order valence-corrected chi connectivity index (χ1v) is 7.99. The maximum atomic E-state index is 14.2. The fraction of sp³-hybridized carbons (Fsp3) is 0.474. The van der Waals surface area contributed by atoms with E-state index in [9.17, 15) is 4.39 Å². The highest BCUT2D eigenvalue weighted by atomic mass is 19.1. The second-order valence-corrected chi connectivity index (χ2v) is 6.19. The van der Waals surface area contributed by atoms with Gasteiger partial charge in [0.25, 0.3) is 0 Å². The summed E-state index contributed by atoms with van der Waals surface area (Å²) in [6.45, 7) is 2.29. The van der Waals surface area contributed by atoms with E-state index in [2.05, 4.69) is 19.1 Å². The van der Waals surface area contributed by atoms with Crippen LogP contribution < -0.4 is 4.74 Å². The van der Waals surface area contributed by atoms with Gasteiger partial charge in [-0.2, -0.15) is 0 Å². The van der Waals surface area contributed by atoms with Gasteiger partial charge in [-0.15, -0.1) is 0 Å². The van der Waals surface area contributed by atoms with Crippen molar-refractivity contribution in [3.05, 3.63) is 41.7 Å². The first kappa shape index (κ1) is 14.4. The molecule has 0 unspecified atom stereocenters. The first-order chi connectivity index (χ1) is 10.2. The Kier molecular flexibility index (Phi) is 4.14. The predicted octanol–water partition coefficient (Wildman–Crippen LogP) is 5.67. The van der Waals surface area contributed by atoms with E-state index in [0.717, 1.165) is 11.3 Å². The summed E-state index contributed by atoms with van der Waals surface area (Å²) in [7, 11) is 1.50. The van der Waals surface area contributed by atoms with Gasteiger partial charge < -0.3 is 4.74 Å². The van der Waals surface area contributed by atoms with Gasteiger partial charge in [0.2, 0.25) is 0 Å². The highest BCUT2D eigenvalue weighted by Gasteiger charge is 2.21. The number of hydrogen-bond acceptors (Lipinski definition) is 1. The fourth-order valence-corrected chi connectivity index (χ4v) is 3.61. The van der Waals surface area contributed by atoms with E-state index in [1.165, 1.54) is 44.8 Å². The molecule has 0 radical (unpaired) electrons. The van der Waals surface area contributed by atoms with Crippen molar-refractivity contribution in [2.45, 2.75) is 44.9 Å². The molecule has 1 saturated carbocycles. The van der Waals surface area contributed by atoms with Gasteiger partial charge in [0.05, 0.1) is 7.11 Å². The molecule has 2 heteroatoms. The molecule has 0 N–H and O–H groups in total. The normalized spacial score (nSPS) is 22.4. The lowest BCUT2D eigenvalue weighted by atomic mass is 9.77. The minimum absolute atomic E-state index is 0.253. The van der Waals surface area contributed by atoms with Crippen LogP contribution in [-0.4, -0.2) is 7.11 Å². The minimum Gasteiger partial charge on any atom is -0.494 e. The average molecular weight is 286 g/mol. The molecule has 0 amide bonds. The van der Waals surface area contributed by atoms with Crippen molar-refractivity contribution < 1.29 is 9.13 Å². The summed E-state index contributed by atoms with van der Waals surface area (Å²) < 4.78 is 19.3. The zero-order chi connectivity index (χ0) is 14.8. The van der Waals surface area contributed by atoms with E-state index in [1.807, 2.05) is 12.1 Å². The molecule has 0 heterocycles. The van der Waals surface area contributed by atoms with Gasteiger partial charge in [0.15, 0.2) is 11.6 Å². The summed E-state index contributed by atoms with van der Waals surface area (Å²) in [5.74, 6) is 1.61. The summed E-state index contributed by atoms with van der Waals surface area (Å²) in [5, 5.41) is 1.63. The number of ether oxygens (including phenoxy) is 1. The third-order valence-electron chi connectivity index (χ3n) is 5.06. The lowest BCUT2D eigenvalue weighted by Crippen LogP contribution is -2.12. The standard InChI is InChI=1S/C19H23FO/c1-3-13-4-6-14(7-5-13)15-8-10-17-16(12-15)9-11-18(21-2)19(17)20/h8-14H,3-7H2,1-2H3. The van der Waals surface area contributed by atoms with Crippen LogP contribution in [0.4, 0.5) is 4.39 Å². The van der Waals surface area contributed by atoms with Gasteiger partial charge >= 0.3 is 0 Å². The molecule has 1 nitrogen and oxygen atoms in total. The number of rotatable bonds is 3. The quantitative estimate of drug-likeness (QED) is 0.706. The van der Waals surface area contributed by atoms with E-state index < -0.39 is 0 Å². The van der Waals surface area contributed by atoms with Crippen molar-refractivity contribution in [2.75, 3.05) is 7.11 Å². The number of halogens is 1. The van der Waals surface area contributed by atoms with Crippen molar-refractivity contribution in [1.29, 1.82) is 0 Å². The molecule has 21 heavy (non-hydrogen) atoms. The van der Waals surface area contributed by atoms with Crippen LogP contribution in [-0.2, 0) is 0 Å². The summed E-state index contributed by atoms with van der Waals surface area (Å²) >= 11 is 0. The number of fused-ring (bicyclic) bond motifs is 1. The molecule has 1 aliphatic rings. The second kappa shape index (κ2) is 6.05. The zero-order valence-corrected chi connectivity index (χ0v) is 12.9. The van der Waals surface area contributed by atoms with Crippen LogP contribution in [0.2, 0.25) is 0 Å². The molecular weight excluding hydrogens is 263 g/mol. The van der Waals surface area contributed by atoms with Crippen molar-refractivity contribution in [1.82, 2.24) is 0 Å². The van der Waals surface area contributed by atoms with Crippen molar-refractivity contribution in [3.63, 3.8) is 0 Å². The van der Waals surface area contributed by atoms with Gasteiger partial charge in [-0.3, -0.25) is 0 Å². The van der Waals surface area contributed by atoms with Crippen molar-refractivity contribution in [2.24, 2.45) is 5.92 Å². The van der Waals surface area contributed by atoms with Crippen molar-refractivity contribution >= 4 is 10.8 Å². The number of benzene rings is 2. The predicted molar refractivity (Wildman–Crippen MR) is 85.4 cm³/mol. The molecule has 0 spiro atoms. The minimum atomic E-state index is -0.253. The summed E-state index contributed by atoms with van der Waals surface area (Å²) in [6.07, 6.45) is 6.49. The van der Waals surface area contributed by atoms with E-state index >= 15 is 0 Å². The Bertz CT molecular complexity index is 627. The van der Waals surface area contributed by atoms with Gasteiger partial charge in [-0.05, 0) is 54.5 Å². The molecule has 2 aromatic carbocycles. The molecule has 0 aromatic heterocycles. The first-order valence-electron chi connectivity index (χ1n) is 7.99. The summed E-state index contributed by atoms with van der Waals surface area (Å²) in [4.78, 5) is 0. The third kappa shape index (κ3) is 2.76. The maximum absolute atomic E-state index is 14.2. The van der Waals surface area contributed by atoms with Crippen LogP contribution in [0.25, 0.3) is 10.8 Å². The molecule has 0 atom stereocenters. The van der Waals surface area contributed by atoms with Gasteiger partial charge in [0, 0.05) is 5.39 Å². The fourth-order valence-electron chi connectivity index (χ4n) is 3.61. The van der Waals surface area contributed by atoms with E-state index in [1.54, 1.807) is 6.07 Å². The summed E-state index contributed by atoms with van der Waals surface area (Å²) in [5.41, 5.74) is 1.36. The molecule has 2 aromatic rings. The lowest BCUT2D eigenvalue weighted by molar-refractivity contribution is 0.319. The smallest absolute Gasteiger partial charge is 0.172 e. The Balaban J connectivity index is 1.88. The summed E-state index contributed by atoms with van der Waals surface area (Å²) in [6, 6.07) is 9.85. The lowest BCUT2D eigenvalue weighted by Gasteiger charge is -2.28. The molecule has 1 fully saturated rings. The van der Waals surface area contributed by atoms with Crippen LogP contribution >= 0.6 is 0 Å². The van der Waals surface area contributed by atoms with Crippen LogP contribution in [0.15, 0.2) is 30.3 Å². The monoisotopic (exact) mass is 286 g/mol. The molecule has 0 aliphatic heterocycles. The van der Waals surface area contributed by atoms with Gasteiger partial charge in [0.1, 0.15) is 0 Å². The van der Waals surface area contributed by atoms with Crippen molar-refractivity contribution in [3.8, 4) is 5.75 Å². The third-order valence-corrected chi connectivity index (χ3v) is 5.06. The van der Waals surface area contributed by atoms with E-state index in [0.29, 0.717) is 17.1 Å². The molecule has 0 saturated heterocycles. The van der Waals surface area contributed by atoms with E-state index in [-0.39, 0.29) is 5.82 Å². The van der Waals surface area contributed by atoms with Gasteiger partial charge in [-0.25, -0.2) is 4.39 Å². The zero-order valence-electron chi connectivity index (χ0n) is 12.9. The largest absolute Gasteiger partial charge is 0.494 e. The Hall–Kier alpha value is -1.57. The average Bonchev–Trinajstić information content (AvgIpc) is 2.55. The molecule has 112 valence electrons. The molecule has 1 aliphatic carbocycles. The SMILES string of the molecule is CCC1CCC(c2ccc3c(F)c(OC)ccc3c2)CC1. The van der Waals surface area contributed by atoms with Gasteiger partial charge in [-0.1, -0.05) is 37.6 Å². The Morgan fingerprint density at radius 3 is 2.52 bits per heavy atom. The van der Waals surface area contributed by atoms with Crippen LogP contribution in [0.1, 0.15) is 50.5 Å². The van der Waals surface area contributed by atoms with Crippen LogP contribution in [0.3, 0.4) is 0 Å². The topological polar surface area (TPSA) is 9.23 Å². The molecule has 3 rings (SSSR count). The second-order valence-electron chi connectivity index (χ2n) is 6.19. The van der Waals surface area contributed by atoms with Crippen LogP contribution in [0, 0.1) is 11.7 Å².